The zero-order valence-electron chi connectivity index (χ0n) is 12.5. The Morgan fingerprint density at radius 3 is 2.87 bits per heavy atom. The van der Waals surface area contributed by atoms with Crippen molar-refractivity contribution in [1.29, 1.82) is 5.26 Å². The van der Waals surface area contributed by atoms with E-state index in [0.29, 0.717) is 11.0 Å². The highest BCUT2D eigenvalue weighted by atomic mass is 32.2. The fourth-order valence-electron chi connectivity index (χ4n) is 2.48. The maximum Gasteiger partial charge on any atom is 0.187 e. The summed E-state index contributed by atoms with van der Waals surface area (Å²) in [6.07, 6.45) is 7.39. The summed E-state index contributed by atoms with van der Waals surface area (Å²) >= 11 is 1.27. The molecule has 0 amide bonds. The molecule has 7 nitrogen and oxygen atoms in total. The normalized spacial score (nSPS) is 15.3. The van der Waals surface area contributed by atoms with E-state index < -0.39 is 0 Å². The van der Waals surface area contributed by atoms with Crippen LogP contribution in [-0.4, -0.2) is 35.6 Å². The second kappa shape index (κ2) is 7.24. The average Bonchev–Trinajstić information content (AvgIpc) is 2.83. The molecule has 1 aliphatic rings. The quantitative estimate of drug-likeness (QED) is 0.398. The first-order valence-corrected chi connectivity index (χ1v) is 8.42. The third-order valence-corrected chi connectivity index (χ3v) is 4.50. The second-order valence-corrected chi connectivity index (χ2v) is 6.10. The number of aliphatic hydroxyl groups is 1. The van der Waals surface area contributed by atoms with Crippen LogP contribution in [0.1, 0.15) is 30.9 Å². The Hall–Kier alpha value is -2.40. The highest BCUT2D eigenvalue weighted by molar-refractivity contribution is 7.99. The van der Waals surface area contributed by atoms with E-state index in [0.717, 1.165) is 38.1 Å². The first-order chi connectivity index (χ1) is 11.3. The van der Waals surface area contributed by atoms with Gasteiger partial charge in [0.15, 0.2) is 11.0 Å². The molecule has 0 unspecified atom stereocenters. The number of aromatic nitrogens is 5. The number of nitriles is 1. The molecule has 23 heavy (non-hydrogen) atoms. The van der Waals surface area contributed by atoms with Crippen molar-refractivity contribution < 1.29 is 5.11 Å². The summed E-state index contributed by atoms with van der Waals surface area (Å²) in [4.78, 5) is 8.17. The van der Waals surface area contributed by atoms with E-state index >= 15 is 0 Å². The van der Waals surface area contributed by atoms with Gasteiger partial charge in [0.2, 0.25) is 0 Å². The molecule has 1 N–H and O–H groups in total. The first-order valence-electron chi connectivity index (χ1n) is 7.44. The number of nitrogens with zero attached hydrogens (tertiary/aromatic N) is 6. The van der Waals surface area contributed by atoms with Crippen LogP contribution in [-0.2, 0) is 13.0 Å². The lowest BCUT2D eigenvalue weighted by atomic mass is 10.2. The molecule has 2 aromatic rings. The van der Waals surface area contributed by atoms with Gasteiger partial charge in [0.1, 0.15) is 23.2 Å². The van der Waals surface area contributed by atoms with E-state index in [1.165, 1.54) is 11.8 Å². The third kappa shape index (κ3) is 3.51. The Balaban J connectivity index is 1.84. The highest BCUT2D eigenvalue weighted by Gasteiger charge is 2.20. The lowest BCUT2D eigenvalue weighted by Gasteiger charge is -2.07. The van der Waals surface area contributed by atoms with Crippen molar-refractivity contribution in [3.63, 3.8) is 0 Å². The molecule has 0 bridgehead atoms. The van der Waals surface area contributed by atoms with Crippen LogP contribution in [0.5, 0.6) is 0 Å². The lowest BCUT2D eigenvalue weighted by molar-refractivity contribution is 0.420. The van der Waals surface area contributed by atoms with Crippen LogP contribution in [0.2, 0.25) is 0 Å². The zero-order chi connectivity index (χ0) is 16.1. The van der Waals surface area contributed by atoms with E-state index in [1.54, 1.807) is 18.5 Å². The summed E-state index contributed by atoms with van der Waals surface area (Å²) < 4.78 is 1.95. The molecule has 2 aromatic heterocycles. The molecule has 1 aliphatic heterocycles. The topological polar surface area (TPSA) is 101 Å². The fraction of sp³-hybridized carbons (Fsp3) is 0.400. The second-order valence-electron chi connectivity index (χ2n) is 5.16. The number of aliphatic hydroxyl groups excluding tert-OH is 1. The van der Waals surface area contributed by atoms with Gasteiger partial charge in [-0.05, 0) is 18.9 Å². The van der Waals surface area contributed by atoms with Gasteiger partial charge in [-0.3, -0.25) is 0 Å². The van der Waals surface area contributed by atoms with E-state index in [4.69, 9.17) is 0 Å². The molecule has 0 aromatic carbocycles. The molecule has 0 saturated heterocycles. The van der Waals surface area contributed by atoms with Crippen molar-refractivity contribution in [1.82, 2.24) is 24.7 Å². The van der Waals surface area contributed by atoms with E-state index in [9.17, 15) is 10.4 Å². The zero-order valence-corrected chi connectivity index (χ0v) is 13.3. The SMILES string of the molecule is N#C/C(=C(/O)CSc1ncccn1)c1nnc2n1CCCCC2. The number of fused-ring (bicyclic) bond motifs is 1. The number of hydrogen-bond acceptors (Lipinski definition) is 7. The van der Waals surface area contributed by atoms with Crippen molar-refractivity contribution in [2.75, 3.05) is 5.75 Å². The number of aryl methyl sites for hydroxylation is 1. The van der Waals surface area contributed by atoms with Gasteiger partial charge in [0, 0.05) is 25.4 Å². The van der Waals surface area contributed by atoms with Crippen molar-refractivity contribution in [3.05, 3.63) is 35.9 Å². The largest absolute Gasteiger partial charge is 0.510 e. The molecule has 3 heterocycles. The van der Waals surface area contributed by atoms with Crippen molar-refractivity contribution in [3.8, 4) is 6.07 Å². The van der Waals surface area contributed by atoms with Gasteiger partial charge in [-0.2, -0.15) is 5.26 Å². The van der Waals surface area contributed by atoms with Crippen LogP contribution < -0.4 is 0 Å². The Labute approximate surface area is 138 Å². The lowest BCUT2D eigenvalue weighted by Crippen LogP contribution is -2.07. The minimum Gasteiger partial charge on any atom is -0.510 e. The molecule has 8 heteroatoms. The highest BCUT2D eigenvalue weighted by Crippen LogP contribution is 2.23. The van der Waals surface area contributed by atoms with Crippen LogP contribution in [0.4, 0.5) is 0 Å². The first kappa shape index (κ1) is 15.5. The Morgan fingerprint density at radius 1 is 1.26 bits per heavy atom. The Kier molecular flexibility index (Phi) is 4.88. The van der Waals surface area contributed by atoms with Crippen LogP contribution in [0.25, 0.3) is 5.57 Å². The molecule has 0 radical (unpaired) electrons. The van der Waals surface area contributed by atoms with E-state index in [-0.39, 0.29) is 17.1 Å². The summed E-state index contributed by atoms with van der Waals surface area (Å²) in [5.74, 6) is 1.53. The standard InChI is InChI=1S/C15H16N6OS/c16-9-11(12(22)10-23-15-17-6-4-7-18-15)14-20-19-13-5-2-1-3-8-21(13)14/h4,6-7,22H,1-3,5,8,10H2/b12-11-. The van der Waals surface area contributed by atoms with Gasteiger partial charge in [0.05, 0.1) is 5.75 Å². The maximum absolute atomic E-state index is 10.3. The third-order valence-electron chi connectivity index (χ3n) is 3.61. The van der Waals surface area contributed by atoms with E-state index in [2.05, 4.69) is 26.2 Å². The smallest absolute Gasteiger partial charge is 0.187 e. The molecule has 118 valence electrons. The Morgan fingerprint density at radius 2 is 2.09 bits per heavy atom. The summed E-state index contributed by atoms with van der Waals surface area (Å²) in [6.45, 7) is 0.783. The summed E-state index contributed by atoms with van der Waals surface area (Å²) in [7, 11) is 0. The van der Waals surface area contributed by atoms with Gasteiger partial charge in [-0.25, -0.2) is 9.97 Å². The number of allylic oxidation sites excluding steroid dienone is 1. The van der Waals surface area contributed by atoms with Crippen LogP contribution in [0.3, 0.4) is 0 Å². The molecule has 0 aliphatic carbocycles. The van der Waals surface area contributed by atoms with Gasteiger partial charge >= 0.3 is 0 Å². The summed E-state index contributed by atoms with van der Waals surface area (Å²) in [5.41, 5.74) is 0.175. The minimum absolute atomic E-state index is 0.0237. The monoisotopic (exact) mass is 328 g/mol. The molecular formula is C15H16N6OS. The van der Waals surface area contributed by atoms with Crippen LogP contribution in [0, 0.1) is 11.3 Å². The maximum atomic E-state index is 10.3. The Bertz CT molecular complexity index is 749. The predicted octanol–water partition coefficient (Wildman–Crippen LogP) is 2.38. The molecule has 0 fully saturated rings. The predicted molar refractivity (Wildman–Crippen MR) is 85.5 cm³/mol. The van der Waals surface area contributed by atoms with Gasteiger partial charge in [-0.1, -0.05) is 18.2 Å². The van der Waals surface area contributed by atoms with Crippen LogP contribution >= 0.6 is 11.8 Å². The van der Waals surface area contributed by atoms with Gasteiger partial charge < -0.3 is 9.67 Å². The van der Waals surface area contributed by atoms with Crippen molar-refractivity contribution >= 4 is 17.3 Å². The molecule has 0 atom stereocenters. The number of rotatable bonds is 4. The molecule has 3 rings (SSSR count). The number of thioether (sulfide) groups is 1. The average molecular weight is 328 g/mol. The van der Waals surface area contributed by atoms with Gasteiger partial charge in [-0.15, -0.1) is 10.2 Å². The van der Waals surface area contributed by atoms with Gasteiger partial charge in [0.25, 0.3) is 0 Å². The van der Waals surface area contributed by atoms with Crippen molar-refractivity contribution in [2.24, 2.45) is 0 Å². The summed E-state index contributed by atoms with van der Waals surface area (Å²) in [5, 5.41) is 28.6. The molecular weight excluding hydrogens is 312 g/mol. The fourth-order valence-corrected chi connectivity index (χ4v) is 3.16. The minimum atomic E-state index is -0.0237. The van der Waals surface area contributed by atoms with Crippen molar-refractivity contribution in [2.45, 2.75) is 37.4 Å². The molecule has 0 saturated carbocycles. The van der Waals surface area contributed by atoms with Crippen LogP contribution in [0.15, 0.2) is 29.4 Å². The van der Waals surface area contributed by atoms with E-state index in [1.807, 2.05) is 4.57 Å². The summed E-state index contributed by atoms with van der Waals surface area (Å²) in [6, 6.07) is 3.79. The molecule has 0 spiro atoms. The number of hydrogen-bond donors (Lipinski definition) is 1.